The Balaban J connectivity index is 0.00000180. The van der Waals surface area contributed by atoms with Crippen molar-refractivity contribution in [3.8, 4) is 0 Å². The predicted molar refractivity (Wildman–Crippen MR) is 71.6 cm³/mol. The maximum absolute atomic E-state index is 13.5. The molecule has 0 spiro atoms. The maximum atomic E-state index is 13.5. The molecule has 1 aliphatic rings. The van der Waals surface area contributed by atoms with Gasteiger partial charge in [-0.15, -0.1) is 12.4 Å². The molecule has 0 saturated carbocycles. The molecule has 106 valence electrons. The second-order valence-corrected chi connectivity index (χ2v) is 4.52. The zero-order valence-electron chi connectivity index (χ0n) is 10.7. The number of carbonyl (C=O) groups is 1. The number of benzene rings is 1. The Bertz CT molecular complexity index is 450. The first-order valence-corrected chi connectivity index (χ1v) is 6.03. The number of carbonyl (C=O) groups excluding carboxylic acids is 1. The minimum Gasteiger partial charge on any atom is -0.337 e. The van der Waals surface area contributed by atoms with Crippen LogP contribution in [0.15, 0.2) is 18.2 Å². The molecule has 1 amide bonds. The van der Waals surface area contributed by atoms with Crippen LogP contribution in [-0.4, -0.2) is 37.0 Å². The lowest BCUT2D eigenvalue weighted by Gasteiger charge is -2.31. The van der Waals surface area contributed by atoms with Gasteiger partial charge in [0.1, 0.15) is 0 Å². The normalized spacial score (nSPS) is 18.6. The van der Waals surface area contributed by atoms with E-state index in [1.807, 2.05) is 0 Å². The molecule has 1 aromatic carbocycles. The number of amides is 1. The van der Waals surface area contributed by atoms with Gasteiger partial charge in [0.2, 0.25) is 0 Å². The third-order valence-electron chi connectivity index (χ3n) is 3.32. The highest BCUT2D eigenvalue weighted by Gasteiger charge is 2.25. The second-order valence-electron chi connectivity index (χ2n) is 4.52. The van der Waals surface area contributed by atoms with E-state index in [-0.39, 0.29) is 24.0 Å². The van der Waals surface area contributed by atoms with E-state index >= 15 is 0 Å². The SMILES string of the molecule is CN(C(=O)c1cccc(F)c1F)[C@H]1CCCNC1.Cl. The first-order valence-electron chi connectivity index (χ1n) is 6.03. The Kier molecular flexibility index (Phi) is 5.69. The van der Waals surface area contributed by atoms with Crippen molar-refractivity contribution in [2.45, 2.75) is 18.9 Å². The van der Waals surface area contributed by atoms with Crippen LogP contribution in [0.4, 0.5) is 8.78 Å². The highest BCUT2D eigenvalue weighted by atomic mass is 35.5. The molecule has 6 heteroatoms. The van der Waals surface area contributed by atoms with Gasteiger partial charge in [-0.1, -0.05) is 6.07 Å². The number of likely N-dealkylation sites (N-methyl/N-ethyl adjacent to an activating group) is 1. The van der Waals surface area contributed by atoms with Gasteiger partial charge in [-0.05, 0) is 31.5 Å². The molecular weight excluding hydrogens is 274 g/mol. The fraction of sp³-hybridized carbons (Fsp3) is 0.462. The summed E-state index contributed by atoms with van der Waals surface area (Å²) in [5.41, 5.74) is -0.205. The van der Waals surface area contributed by atoms with Gasteiger partial charge in [0.05, 0.1) is 5.56 Å². The van der Waals surface area contributed by atoms with E-state index in [9.17, 15) is 13.6 Å². The number of nitrogens with zero attached hydrogens (tertiary/aromatic N) is 1. The fourth-order valence-electron chi connectivity index (χ4n) is 2.19. The number of rotatable bonds is 2. The molecule has 3 nitrogen and oxygen atoms in total. The molecule has 1 saturated heterocycles. The number of halogens is 3. The zero-order valence-corrected chi connectivity index (χ0v) is 11.5. The highest BCUT2D eigenvalue weighted by molar-refractivity contribution is 5.94. The number of hydrogen-bond acceptors (Lipinski definition) is 2. The van der Waals surface area contributed by atoms with E-state index < -0.39 is 17.5 Å². The van der Waals surface area contributed by atoms with Crippen molar-refractivity contribution in [3.63, 3.8) is 0 Å². The fourth-order valence-corrected chi connectivity index (χ4v) is 2.19. The van der Waals surface area contributed by atoms with Crippen molar-refractivity contribution in [1.29, 1.82) is 0 Å². The Morgan fingerprint density at radius 1 is 1.42 bits per heavy atom. The van der Waals surface area contributed by atoms with Crippen LogP contribution in [0.5, 0.6) is 0 Å². The van der Waals surface area contributed by atoms with E-state index in [1.165, 1.54) is 17.0 Å². The van der Waals surface area contributed by atoms with E-state index in [0.717, 1.165) is 25.5 Å². The van der Waals surface area contributed by atoms with Crippen molar-refractivity contribution in [3.05, 3.63) is 35.4 Å². The van der Waals surface area contributed by atoms with Gasteiger partial charge in [0.25, 0.3) is 5.91 Å². The molecular formula is C13H17ClF2N2O. The first-order chi connectivity index (χ1) is 8.61. The quantitative estimate of drug-likeness (QED) is 0.906. The van der Waals surface area contributed by atoms with Crippen LogP contribution in [0.25, 0.3) is 0 Å². The van der Waals surface area contributed by atoms with Crippen molar-refractivity contribution in [2.75, 3.05) is 20.1 Å². The van der Waals surface area contributed by atoms with Gasteiger partial charge in [-0.2, -0.15) is 0 Å². The van der Waals surface area contributed by atoms with Crippen LogP contribution in [0.3, 0.4) is 0 Å². The third-order valence-corrected chi connectivity index (χ3v) is 3.32. The van der Waals surface area contributed by atoms with E-state index in [2.05, 4.69) is 5.32 Å². The Hall–Kier alpha value is -1.20. The molecule has 1 heterocycles. The Morgan fingerprint density at radius 3 is 2.79 bits per heavy atom. The molecule has 0 aromatic heterocycles. The van der Waals surface area contributed by atoms with Crippen LogP contribution < -0.4 is 5.32 Å². The van der Waals surface area contributed by atoms with Crippen LogP contribution in [-0.2, 0) is 0 Å². The number of hydrogen-bond donors (Lipinski definition) is 1. The van der Waals surface area contributed by atoms with Gasteiger partial charge >= 0.3 is 0 Å². The first kappa shape index (κ1) is 15.9. The summed E-state index contributed by atoms with van der Waals surface area (Å²) in [7, 11) is 1.63. The van der Waals surface area contributed by atoms with E-state index in [4.69, 9.17) is 0 Å². The lowest BCUT2D eigenvalue weighted by Crippen LogP contribution is -2.46. The molecule has 1 aliphatic heterocycles. The van der Waals surface area contributed by atoms with Crippen molar-refractivity contribution in [2.24, 2.45) is 0 Å². The van der Waals surface area contributed by atoms with Gasteiger partial charge in [0, 0.05) is 19.6 Å². The zero-order chi connectivity index (χ0) is 13.1. The summed E-state index contributed by atoms with van der Waals surface area (Å²) < 4.78 is 26.6. The number of piperidine rings is 1. The lowest BCUT2D eigenvalue weighted by molar-refractivity contribution is 0.0702. The van der Waals surface area contributed by atoms with Crippen LogP contribution in [0.1, 0.15) is 23.2 Å². The minimum atomic E-state index is -1.07. The molecule has 2 rings (SSSR count). The predicted octanol–water partition coefficient (Wildman–Crippen LogP) is 2.21. The topological polar surface area (TPSA) is 32.3 Å². The molecule has 1 aromatic rings. The van der Waals surface area contributed by atoms with Gasteiger partial charge < -0.3 is 10.2 Å². The highest BCUT2D eigenvalue weighted by Crippen LogP contribution is 2.16. The molecule has 0 bridgehead atoms. The van der Waals surface area contributed by atoms with Gasteiger partial charge in [-0.3, -0.25) is 4.79 Å². The molecule has 0 radical (unpaired) electrons. The average Bonchev–Trinajstić information content (AvgIpc) is 2.41. The molecule has 0 unspecified atom stereocenters. The third kappa shape index (κ3) is 3.42. The van der Waals surface area contributed by atoms with Crippen molar-refractivity contribution < 1.29 is 13.6 Å². The van der Waals surface area contributed by atoms with Gasteiger partial charge in [-0.25, -0.2) is 8.78 Å². The molecule has 1 N–H and O–H groups in total. The molecule has 19 heavy (non-hydrogen) atoms. The smallest absolute Gasteiger partial charge is 0.256 e. The van der Waals surface area contributed by atoms with Crippen LogP contribution in [0.2, 0.25) is 0 Å². The minimum absolute atomic E-state index is 0. The largest absolute Gasteiger partial charge is 0.337 e. The monoisotopic (exact) mass is 290 g/mol. The molecule has 1 atom stereocenters. The lowest BCUT2D eigenvalue weighted by atomic mass is 10.0. The summed E-state index contributed by atoms with van der Waals surface area (Å²) in [6.45, 7) is 1.63. The summed E-state index contributed by atoms with van der Waals surface area (Å²) in [5, 5.41) is 3.19. The van der Waals surface area contributed by atoms with Crippen molar-refractivity contribution in [1.82, 2.24) is 10.2 Å². The summed E-state index contributed by atoms with van der Waals surface area (Å²) in [5.74, 6) is -2.53. The molecule has 1 fully saturated rings. The van der Waals surface area contributed by atoms with E-state index in [0.29, 0.717) is 6.54 Å². The standard InChI is InChI=1S/C13H16F2N2O.ClH/c1-17(9-4-3-7-16-8-9)13(18)10-5-2-6-11(14)12(10)15;/h2,5-6,9,16H,3-4,7-8H2,1H3;1H/t9-;/m0./s1. The molecule has 0 aliphatic carbocycles. The van der Waals surface area contributed by atoms with Crippen LogP contribution >= 0.6 is 12.4 Å². The number of nitrogens with one attached hydrogen (secondary N) is 1. The second kappa shape index (κ2) is 6.82. The van der Waals surface area contributed by atoms with E-state index in [1.54, 1.807) is 7.05 Å². The summed E-state index contributed by atoms with van der Waals surface area (Å²) in [6.07, 6.45) is 1.86. The van der Waals surface area contributed by atoms with Gasteiger partial charge in [0.15, 0.2) is 11.6 Å². The van der Waals surface area contributed by atoms with Crippen LogP contribution in [0, 0.1) is 11.6 Å². The summed E-state index contributed by atoms with van der Waals surface area (Å²) in [6, 6.07) is 3.70. The Morgan fingerprint density at radius 2 is 2.16 bits per heavy atom. The maximum Gasteiger partial charge on any atom is 0.256 e. The Labute approximate surface area is 117 Å². The van der Waals surface area contributed by atoms with Crippen molar-refractivity contribution >= 4 is 18.3 Å². The summed E-state index contributed by atoms with van der Waals surface area (Å²) in [4.78, 5) is 13.6. The average molecular weight is 291 g/mol. The summed E-state index contributed by atoms with van der Waals surface area (Å²) >= 11 is 0.